The summed E-state index contributed by atoms with van der Waals surface area (Å²) in [6.07, 6.45) is 1.92. The van der Waals surface area contributed by atoms with Gasteiger partial charge in [-0.05, 0) is 86.4 Å². The molecule has 43 heavy (non-hydrogen) atoms. The van der Waals surface area contributed by atoms with Crippen molar-refractivity contribution in [1.29, 1.82) is 0 Å². The smallest absolute Gasteiger partial charge is 0.493 e. The molecule has 3 aromatic rings. The predicted octanol–water partition coefficient (Wildman–Crippen LogP) is 5.09. The number of nitrogens with zero attached hydrogens (tertiary/aromatic N) is 5. The Balaban J connectivity index is 1.67. The zero-order valence-corrected chi connectivity index (χ0v) is 25.8. The lowest BCUT2D eigenvalue weighted by Gasteiger charge is -2.32. The van der Waals surface area contributed by atoms with Gasteiger partial charge in [0.15, 0.2) is 5.82 Å². The third-order valence-corrected chi connectivity index (χ3v) is 7.88. The number of fused-ring (bicyclic) bond motifs is 5. The van der Waals surface area contributed by atoms with Gasteiger partial charge in [-0.3, -0.25) is 4.79 Å². The molecule has 0 radical (unpaired) electrons. The van der Waals surface area contributed by atoms with Gasteiger partial charge in [0.25, 0.3) is 5.91 Å². The number of anilines is 1. The van der Waals surface area contributed by atoms with Gasteiger partial charge < -0.3 is 23.3 Å². The molecule has 2 aliphatic heterocycles. The fourth-order valence-corrected chi connectivity index (χ4v) is 4.84. The molecule has 4 heterocycles. The monoisotopic (exact) mass is 593 g/mol. The Morgan fingerprint density at radius 3 is 2.51 bits per heavy atom. The van der Waals surface area contributed by atoms with Gasteiger partial charge in [0, 0.05) is 17.6 Å². The second-order valence-corrected chi connectivity index (χ2v) is 12.9. The van der Waals surface area contributed by atoms with Crippen LogP contribution in [0.5, 0.6) is 5.75 Å². The van der Waals surface area contributed by atoms with Crippen molar-refractivity contribution in [3.8, 4) is 17.3 Å². The van der Waals surface area contributed by atoms with Crippen LogP contribution >= 0.6 is 0 Å². The van der Waals surface area contributed by atoms with Crippen molar-refractivity contribution < 1.29 is 32.8 Å². The zero-order valence-electron chi connectivity index (χ0n) is 25.8. The molecule has 2 bridgehead atoms. The predicted molar refractivity (Wildman–Crippen MR) is 158 cm³/mol. The van der Waals surface area contributed by atoms with Gasteiger partial charge in [-0.1, -0.05) is 6.07 Å². The molecule has 13 heteroatoms. The van der Waals surface area contributed by atoms with Crippen LogP contribution in [0.15, 0.2) is 36.7 Å². The van der Waals surface area contributed by atoms with Gasteiger partial charge in [-0.15, -0.1) is 10.2 Å². The molecular weight excluding hydrogens is 556 g/mol. The number of benzene rings is 1. The summed E-state index contributed by atoms with van der Waals surface area (Å²) in [5.41, 5.74) is -2.09. The first-order valence-corrected chi connectivity index (χ1v) is 14.3. The Bertz CT molecular complexity index is 1540. The Kier molecular flexibility index (Phi) is 7.85. The summed E-state index contributed by atoms with van der Waals surface area (Å²) in [5, 5.41) is 8.32. The van der Waals surface area contributed by atoms with Crippen LogP contribution in [0, 0.1) is 5.82 Å². The quantitative estimate of drug-likeness (QED) is 0.356. The normalized spacial score (nSPS) is 20.1. The van der Waals surface area contributed by atoms with E-state index in [0.29, 0.717) is 24.4 Å². The van der Waals surface area contributed by atoms with Crippen molar-refractivity contribution in [2.24, 2.45) is 0 Å². The highest BCUT2D eigenvalue weighted by Crippen LogP contribution is 2.37. The lowest BCUT2D eigenvalue weighted by Crippen LogP contribution is -2.43. The number of ether oxygens (including phenoxy) is 2. The lowest BCUT2D eigenvalue weighted by molar-refractivity contribution is 0.00578. The molecule has 0 N–H and O–H groups in total. The molecule has 1 aromatic carbocycles. The van der Waals surface area contributed by atoms with Crippen molar-refractivity contribution in [2.45, 2.75) is 91.1 Å². The molecule has 0 unspecified atom stereocenters. The fraction of sp³-hybridized carbons (Fsp3) is 0.500. The van der Waals surface area contributed by atoms with E-state index >= 15 is 4.39 Å². The zero-order chi connectivity index (χ0) is 31.3. The van der Waals surface area contributed by atoms with Gasteiger partial charge in [-0.2, -0.15) is 4.90 Å². The number of imide groups is 1. The van der Waals surface area contributed by atoms with Crippen LogP contribution in [0.25, 0.3) is 11.5 Å². The molecule has 228 valence electrons. The standard InChI is InChI=1S/C30H37BFN5O6/c1-18-11-10-14-40-23-16-21(32)20(31-42-29(5,6)30(7,8)43-31)15-19(23)26(38)37(27(39)41-28(2,3)4)24-13-9-12-22(34-24)25-35-33-17-36(18)25/h9,12-13,15-18H,10-11,14H2,1-8H3/t18-/m0/s1. The molecule has 2 aliphatic rings. The molecule has 1 atom stereocenters. The highest BCUT2D eigenvalue weighted by atomic mass is 19.1. The maximum absolute atomic E-state index is 15.7. The Morgan fingerprint density at radius 2 is 1.84 bits per heavy atom. The second kappa shape index (κ2) is 11.0. The summed E-state index contributed by atoms with van der Waals surface area (Å²) < 4.78 is 41.4. The van der Waals surface area contributed by atoms with E-state index in [9.17, 15) is 9.59 Å². The van der Waals surface area contributed by atoms with E-state index in [4.69, 9.17) is 18.8 Å². The number of carbonyl (C=O) groups is 2. The summed E-state index contributed by atoms with van der Waals surface area (Å²) >= 11 is 0. The maximum atomic E-state index is 15.7. The van der Waals surface area contributed by atoms with Crippen LogP contribution in [-0.2, 0) is 14.0 Å². The van der Waals surface area contributed by atoms with Crippen LogP contribution in [0.1, 0.15) is 84.6 Å². The molecule has 0 spiro atoms. The molecule has 5 rings (SSSR count). The van der Waals surface area contributed by atoms with Gasteiger partial charge in [-0.25, -0.2) is 14.2 Å². The van der Waals surface area contributed by atoms with Crippen LogP contribution in [0.3, 0.4) is 0 Å². The number of aromatic nitrogens is 4. The minimum absolute atomic E-state index is 0.00281. The van der Waals surface area contributed by atoms with Crippen molar-refractivity contribution >= 4 is 30.4 Å². The van der Waals surface area contributed by atoms with Gasteiger partial charge in [0.2, 0.25) is 0 Å². The van der Waals surface area contributed by atoms with Crippen molar-refractivity contribution in [1.82, 2.24) is 19.7 Å². The molecule has 1 saturated heterocycles. The molecular formula is C30H37BFN5O6. The second-order valence-electron chi connectivity index (χ2n) is 12.9. The van der Waals surface area contributed by atoms with E-state index in [1.165, 1.54) is 12.1 Å². The fourth-order valence-electron chi connectivity index (χ4n) is 4.84. The van der Waals surface area contributed by atoms with Crippen LogP contribution in [-0.4, -0.2) is 62.3 Å². The third-order valence-electron chi connectivity index (χ3n) is 7.88. The summed E-state index contributed by atoms with van der Waals surface area (Å²) in [5.74, 6) is -1.05. The lowest BCUT2D eigenvalue weighted by atomic mass is 9.77. The average molecular weight is 593 g/mol. The van der Waals surface area contributed by atoms with Gasteiger partial charge in [0.05, 0.1) is 23.4 Å². The van der Waals surface area contributed by atoms with Crippen molar-refractivity contribution in [2.75, 3.05) is 11.5 Å². The molecule has 11 nitrogen and oxygen atoms in total. The molecule has 2 amide bonds. The summed E-state index contributed by atoms with van der Waals surface area (Å²) in [7, 11) is -1.10. The highest BCUT2D eigenvalue weighted by molar-refractivity contribution is 6.62. The van der Waals surface area contributed by atoms with Gasteiger partial charge in [0.1, 0.15) is 35.0 Å². The first-order chi connectivity index (χ1) is 20.1. The number of rotatable bonds is 1. The van der Waals surface area contributed by atoms with E-state index in [2.05, 4.69) is 15.2 Å². The number of halogens is 1. The number of amides is 2. The van der Waals surface area contributed by atoms with Gasteiger partial charge >= 0.3 is 13.2 Å². The summed E-state index contributed by atoms with van der Waals surface area (Å²) in [6.45, 7) is 14.7. The molecule has 2 aromatic heterocycles. The molecule has 1 fully saturated rings. The Hall–Kier alpha value is -3.84. The van der Waals surface area contributed by atoms with Crippen molar-refractivity contribution in [3.05, 3.63) is 48.0 Å². The number of pyridine rings is 1. The Labute approximate surface area is 250 Å². The van der Waals surface area contributed by atoms with E-state index < -0.39 is 41.7 Å². The van der Waals surface area contributed by atoms with Crippen molar-refractivity contribution in [3.63, 3.8) is 0 Å². The van der Waals surface area contributed by atoms with E-state index in [1.807, 2.05) is 39.2 Å². The highest BCUT2D eigenvalue weighted by Gasteiger charge is 2.53. The largest absolute Gasteiger partial charge is 0.497 e. The van der Waals surface area contributed by atoms with Crippen LogP contribution in [0.4, 0.5) is 15.0 Å². The number of hydrogen-bond donors (Lipinski definition) is 0. The third kappa shape index (κ3) is 6.01. The maximum Gasteiger partial charge on any atom is 0.497 e. The summed E-state index contributed by atoms with van der Waals surface area (Å²) in [4.78, 5) is 33.5. The minimum atomic E-state index is -1.10. The first kappa shape index (κ1) is 30.6. The molecule has 0 aliphatic carbocycles. The average Bonchev–Trinajstić information content (AvgIpc) is 3.47. The summed E-state index contributed by atoms with van der Waals surface area (Å²) in [6, 6.07) is 7.34. The van der Waals surface area contributed by atoms with E-state index in [0.717, 1.165) is 11.0 Å². The minimum Gasteiger partial charge on any atom is -0.493 e. The van der Waals surface area contributed by atoms with E-state index in [1.54, 1.807) is 39.2 Å². The number of hydrogen-bond acceptors (Lipinski definition) is 9. The molecule has 0 saturated carbocycles. The van der Waals surface area contributed by atoms with Crippen LogP contribution < -0.4 is 15.1 Å². The number of carbonyl (C=O) groups excluding carboxylic acids is 2. The topological polar surface area (TPSA) is 118 Å². The SMILES string of the molecule is C[C@H]1CCCOc2cc(F)c(B3OC(C)(C)C(C)(C)O3)cc2C(=O)N(C(=O)OC(C)(C)C)c2cccc(n2)-c2nncn21. The van der Waals surface area contributed by atoms with E-state index in [-0.39, 0.29) is 35.2 Å². The Morgan fingerprint density at radius 1 is 1.14 bits per heavy atom. The first-order valence-electron chi connectivity index (χ1n) is 14.3. The van der Waals surface area contributed by atoms with Crippen LogP contribution in [0.2, 0.25) is 0 Å².